The molecule has 2 aromatic rings. The summed E-state index contributed by atoms with van der Waals surface area (Å²) in [5.41, 5.74) is 1.34. The average molecular weight is 466 g/mol. The molecule has 0 heterocycles. The van der Waals surface area contributed by atoms with Crippen molar-refractivity contribution in [3.05, 3.63) is 65.2 Å². The molecule has 0 spiro atoms. The van der Waals surface area contributed by atoms with Gasteiger partial charge in [0, 0.05) is 18.1 Å². The van der Waals surface area contributed by atoms with Gasteiger partial charge in [-0.3, -0.25) is 13.9 Å². The Labute approximate surface area is 189 Å². The van der Waals surface area contributed by atoms with Gasteiger partial charge < -0.3 is 10.2 Å². The van der Waals surface area contributed by atoms with Gasteiger partial charge in [-0.2, -0.15) is 0 Å². The second-order valence-corrected chi connectivity index (χ2v) is 9.48. The molecular weight excluding hydrogens is 438 g/mol. The Morgan fingerprint density at radius 2 is 1.68 bits per heavy atom. The summed E-state index contributed by atoms with van der Waals surface area (Å²) >= 11 is 5.90. The number of nitrogens with zero attached hydrogens (tertiary/aromatic N) is 2. The van der Waals surface area contributed by atoms with Crippen molar-refractivity contribution in [3.8, 4) is 0 Å². The minimum Gasteiger partial charge on any atom is -0.355 e. The number of amides is 2. The fourth-order valence-electron chi connectivity index (χ4n) is 3.11. The van der Waals surface area contributed by atoms with Crippen LogP contribution in [0.2, 0.25) is 5.02 Å². The lowest BCUT2D eigenvalue weighted by Gasteiger charge is -2.31. The zero-order valence-electron chi connectivity index (χ0n) is 17.9. The number of sulfonamides is 1. The molecule has 1 N–H and O–H groups in total. The molecule has 0 radical (unpaired) electrons. The van der Waals surface area contributed by atoms with Gasteiger partial charge in [0.2, 0.25) is 21.8 Å². The Hall–Kier alpha value is -2.58. The summed E-state index contributed by atoms with van der Waals surface area (Å²) < 4.78 is 25.8. The van der Waals surface area contributed by atoms with Crippen LogP contribution in [0, 0.1) is 0 Å². The summed E-state index contributed by atoms with van der Waals surface area (Å²) in [4.78, 5) is 27.1. The Morgan fingerprint density at radius 3 is 2.23 bits per heavy atom. The van der Waals surface area contributed by atoms with E-state index in [1.54, 1.807) is 26.0 Å². The predicted molar refractivity (Wildman–Crippen MR) is 124 cm³/mol. The number of rotatable bonds is 10. The molecule has 0 aromatic heterocycles. The van der Waals surface area contributed by atoms with Crippen molar-refractivity contribution in [2.24, 2.45) is 0 Å². The first-order valence-electron chi connectivity index (χ1n) is 9.98. The van der Waals surface area contributed by atoms with Gasteiger partial charge in [-0.15, -0.1) is 0 Å². The minimum absolute atomic E-state index is 0.277. The fourth-order valence-corrected chi connectivity index (χ4v) is 4.09. The van der Waals surface area contributed by atoms with Crippen molar-refractivity contribution >= 4 is 39.1 Å². The molecule has 0 saturated carbocycles. The fraction of sp³-hybridized carbons (Fsp3) is 0.364. The number of halogens is 1. The van der Waals surface area contributed by atoms with Crippen molar-refractivity contribution < 1.29 is 18.0 Å². The quantitative estimate of drug-likeness (QED) is 0.584. The molecule has 2 amide bonds. The first-order valence-corrected chi connectivity index (χ1v) is 12.2. The van der Waals surface area contributed by atoms with Crippen molar-refractivity contribution in [2.75, 3.05) is 30.2 Å². The third-order valence-electron chi connectivity index (χ3n) is 4.80. The van der Waals surface area contributed by atoms with E-state index in [2.05, 4.69) is 5.32 Å². The van der Waals surface area contributed by atoms with Crippen LogP contribution in [0.5, 0.6) is 0 Å². The Bertz CT molecular complexity index is 982. The summed E-state index contributed by atoms with van der Waals surface area (Å²) in [6.07, 6.45) is 1.58. The highest BCUT2D eigenvalue weighted by Crippen LogP contribution is 2.21. The van der Waals surface area contributed by atoms with Crippen molar-refractivity contribution in [1.82, 2.24) is 10.2 Å². The van der Waals surface area contributed by atoms with Gasteiger partial charge in [-0.25, -0.2) is 8.42 Å². The molecule has 1 atom stereocenters. The second-order valence-electron chi connectivity index (χ2n) is 7.14. The maximum Gasteiger partial charge on any atom is 0.244 e. The highest BCUT2D eigenvalue weighted by molar-refractivity contribution is 7.92. The van der Waals surface area contributed by atoms with Gasteiger partial charge in [-0.1, -0.05) is 41.9 Å². The summed E-state index contributed by atoms with van der Waals surface area (Å²) in [5, 5.41) is 3.18. The smallest absolute Gasteiger partial charge is 0.244 e. The zero-order chi connectivity index (χ0) is 23.0. The van der Waals surface area contributed by atoms with Gasteiger partial charge in [0.1, 0.15) is 12.6 Å². The van der Waals surface area contributed by atoms with Gasteiger partial charge in [0.25, 0.3) is 0 Å². The average Bonchev–Trinajstić information content (AvgIpc) is 2.73. The molecule has 0 aliphatic carbocycles. The Kier molecular flexibility index (Phi) is 8.88. The number of nitrogens with one attached hydrogen (secondary N) is 1. The molecule has 168 valence electrons. The monoisotopic (exact) mass is 465 g/mol. The second kappa shape index (κ2) is 11.2. The van der Waals surface area contributed by atoms with Crippen LogP contribution < -0.4 is 9.62 Å². The molecule has 31 heavy (non-hydrogen) atoms. The Balaban J connectivity index is 2.28. The van der Waals surface area contributed by atoms with E-state index >= 15 is 0 Å². The zero-order valence-corrected chi connectivity index (χ0v) is 19.5. The summed E-state index contributed by atoms with van der Waals surface area (Å²) in [7, 11) is -3.74. The van der Waals surface area contributed by atoms with E-state index in [0.29, 0.717) is 23.7 Å². The molecule has 0 fully saturated rings. The van der Waals surface area contributed by atoms with Crippen molar-refractivity contribution in [1.29, 1.82) is 0 Å². The van der Waals surface area contributed by atoms with E-state index in [1.807, 2.05) is 30.3 Å². The maximum atomic E-state index is 13.2. The molecule has 0 aliphatic heterocycles. The standard InChI is InChI=1S/C22H28ClN3O4S/c1-4-24-22(28)17(2)25(15-14-18-8-6-5-7-9-18)21(27)16-26(31(3,29)30)20-12-10-19(23)11-13-20/h5-13,17H,4,14-16H2,1-3H3,(H,24,28)/t17-/m0/s1. The van der Waals surface area contributed by atoms with Gasteiger partial charge in [-0.05, 0) is 50.1 Å². The topological polar surface area (TPSA) is 86.8 Å². The van der Waals surface area contributed by atoms with Crippen LogP contribution >= 0.6 is 11.6 Å². The van der Waals surface area contributed by atoms with E-state index in [9.17, 15) is 18.0 Å². The van der Waals surface area contributed by atoms with E-state index in [1.165, 1.54) is 17.0 Å². The Morgan fingerprint density at radius 1 is 1.06 bits per heavy atom. The van der Waals surface area contributed by atoms with Gasteiger partial charge in [0.05, 0.1) is 11.9 Å². The number of benzene rings is 2. The summed E-state index contributed by atoms with van der Waals surface area (Å²) in [5.74, 6) is -0.753. The molecule has 2 rings (SSSR count). The highest BCUT2D eigenvalue weighted by atomic mass is 35.5. The lowest BCUT2D eigenvalue weighted by atomic mass is 10.1. The number of hydrogen-bond acceptors (Lipinski definition) is 4. The first-order chi connectivity index (χ1) is 14.6. The number of carbonyl (C=O) groups excluding carboxylic acids is 2. The molecule has 9 heteroatoms. The number of hydrogen-bond donors (Lipinski definition) is 1. The molecule has 0 bridgehead atoms. The number of anilines is 1. The highest BCUT2D eigenvalue weighted by Gasteiger charge is 2.29. The van der Waals surface area contributed by atoms with Crippen molar-refractivity contribution in [3.63, 3.8) is 0 Å². The predicted octanol–water partition coefficient (Wildman–Crippen LogP) is 2.70. The van der Waals surface area contributed by atoms with E-state index in [4.69, 9.17) is 11.6 Å². The normalized spacial score (nSPS) is 12.1. The van der Waals surface area contributed by atoms with E-state index < -0.39 is 28.5 Å². The van der Waals surface area contributed by atoms with Crippen molar-refractivity contribution in [2.45, 2.75) is 26.3 Å². The van der Waals surface area contributed by atoms with E-state index in [-0.39, 0.29) is 12.5 Å². The number of carbonyl (C=O) groups is 2. The van der Waals surface area contributed by atoms with Crippen LogP contribution in [-0.4, -0.2) is 57.1 Å². The molecule has 0 aliphatic rings. The third kappa shape index (κ3) is 7.25. The van der Waals surface area contributed by atoms with Crippen LogP contribution in [-0.2, 0) is 26.0 Å². The molecule has 7 nitrogen and oxygen atoms in total. The summed E-state index contributed by atoms with van der Waals surface area (Å²) in [6, 6.07) is 15.0. The van der Waals surface area contributed by atoms with Crippen LogP contribution in [0.3, 0.4) is 0 Å². The molecular formula is C22H28ClN3O4S. The van der Waals surface area contributed by atoms with Gasteiger partial charge in [0.15, 0.2) is 0 Å². The SMILES string of the molecule is CCNC(=O)[C@H](C)N(CCc1ccccc1)C(=O)CN(c1ccc(Cl)cc1)S(C)(=O)=O. The largest absolute Gasteiger partial charge is 0.355 e. The third-order valence-corrected chi connectivity index (χ3v) is 6.19. The minimum atomic E-state index is -3.74. The van der Waals surface area contributed by atoms with Crippen LogP contribution in [0.15, 0.2) is 54.6 Å². The lowest BCUT2D eigenvalue weighted by molar-refractivity contribution is -0.138. The molecule has 0 saturated heterocycles. The van der Waals surface area contributed by atoms with E-state index in [0.717, 1.165) is 16.1 Å². The first kappa shape index (κ1) is 24.7. The van der Waals surface area contributed by atoms with Gasteiger partial charge >= 0.3 is 0 Å². The maximum absolute atomic E-state index is 13.2. The molecule has 2 aromatic carbocycles. The van der Waals surface area contributed by atoms with Crippen LogP contribution in [0.1, 0.15) is 19.4 Å². The van der Waals surface area contributed by atoms with Crippen LogP contribution in [0.25, 0.3) is 0 Å². The summed E-state index contributed by atoms with van der Waals surface area (Å²) in [6.45, 7) is 3.73. The molecule has 0 unspecified atom stereocenters. The van der Waals surface area contributed by atoms with Crippen LogP contribution in [0.4, 0.5) is 5.69 Å². The number of likely N-dealkylation sites (N-methyl/N-ethyl adjacent to an activating group) is 1. The lowest BCUT2D eigenvalue weighted by Crippen LogP contribution is -2.52.